The van der Waals surface area contributed by atoms with Gasteiger partial charge < -0.3 is 0 Å². The van der Waals surface area contributed by atoms with Crippen LogP contribution in [-0.4, -0.2) is 11.8 Å². The van der Waals surface area contributed by atoms with Crippen molar-refractivity contribution in [3.8, 4) is 0 Å². The SMILES string of the molecule is Cc1ccc(N2C(=O)C3CCC(C3)C2=O)cc1Br. The quantitative estimate of drug-likeness (QED) is 0.748. The second kappa shape index (κ2) is 4.19. The smallest absolute Gasteiger partial charge is 0.236 e. The highest BCUT2D eigenvalue weighted by molar-refractivity contribution is 9.10. The van der Waals surface area contributed by atoms with Gasteiger partial charge in [-0.3, -0.25) is 14.5 Å². The number of aryl methyl sites for hydroxylation is 1. The minimum atomic E-state index is -0.0236. The summed E-state index contributed by atoms with van der Waals surface area (Å²) in [6.45, 7) is 1.98. The number of hydrogen-bond donors (Lipinski definition) is 0. The van der Waals surface area contributed by atoms with E-state index in [1.807, 2.05) is 25.1 Å². The number of anilines is 1. The molecular formula is C14H14BrNO2. The van der Waals surface area contributed by atoms with Gasteiger partial charge in [0.1, 0.15) is 0 Å². The average Bonchev–Trinajstić information content (AvgIpc) is 2.78. The molecule has 2 amide bonds. The van der Waals surface area contributed by atoms with E-state index in [0.29, 0.717) is 5.69 Å². The topological polar surface area (TPSA) is 37.4 Å². The van der Waals surface area contributed by atoms with Crippen LogP contribution in [0.15, 0.2) is 22.7 Å². The number of nitrogens with zero attached hydrogens (tertiary/aromatic N) is 1. The van der Waals surface area contributed by atoms with Crippen LogP contribution in [0, 0.1) is 18.8 Å². The molecule has 2 unspecified atom stereocenters. The van der Waals surface area contributed by atoms with E-state index in [1.165, 1.54) is 4.90 Å². The summed E-state index contributed by atoms with van der Waals surface area (Å²) in [5.74, 6) is 0.0505. The standard InChI is InChI=1S/C14H14BrNO2/c1-8-2-5-11(7-12(8)15)16-13(17)9-3-4-10(6-9)14(16)18/h2,5,7,9-10H,3-4,6H2,1H3. The van der Waals surface area contributed by atoms with Crippen LogP contribution in [0.1, 0.15) is 24.8 Å². The number of fused-ring (bicyclic) bond motifs is 2. The van der Waals surface area contributed by atoms with Gasteiger partial charge in [-0.05, 0) is 43.9 Å². The molecule has 1 aliphatic heterocycles. The van der Waals surface area contributed by atoms with E-state index >= 15 is 0 Å². The minimum Gasteiger partial charge on any atom is -0.274 e. The van der Waals surface area contributed by atoms with Crippen LogP contribution in [0.25, 0.3) is 0 Å². The number of benzene rings is 1. The number of carbonyl (C=O) groups excluding carboxylic acids is 2. The molecule has 2 aliphatic rings. The van der Waals surface area contributed by atoms with E-state index in [-0.39, 0.29) is 23.7 Å². The lowest BCUT2D eigenvalue weighted by atomic mass is 9.96. The van der Waals surface area contributed by atoms with Crippen molar-refractivity contribution in [2.75, 3.05) is 4.90 Å². The predicted molar refractivity (Wildman–Crippen MR) is 72.2 cm³/mol. The molecule has 1 aromatic rings. The molecule has 2 bridgehead atoms. The molecule has 1 heterocycles. The van der Waals surface area contributed by atoms with Crippen molar-refractivity contribution in [1.29, 1.82) is 0 Å². The fraction of sp³-hybridized carbons (Fsp3) is 0.429. The summed E-state index contributed by atoms with van der Waals surface area (Å²) in [6.07, 6.45) is 2.47. The summed E-state index contributed by atoms with van der Waals surface area (Å²) in [7, 11) is 0. The first-order chi connectivity index (χ1) is 8.58. The highest BCUT2D eigenvalue weighted by Gasteiger charge is 2.45. The van der Waals surface area contributed by atoms with Gasteiger partial charge in [-0.15, -0.1) is 0 Å². The molecule has 2 fully saturated rings. The Morgan fingerprint density at radius 1 is 1.17 bits per heavy atom. The summed E-state index contributed by atoms with van der Waals surface area (Å²) in [5.41, 5.74) is 1.79. The number of halogens is 1. The monoisotopic (exact) mass is 307 g/mol. The lowest BCUT2D eigenvalue weighted by Crippen LogP contribution is -2.46. The first-order valence-electron chi connectivity index (χ1n) is 6.22. The van der Waals surface area contributed by atoms with Gasteiger partial charge in [-0.1, -0.05) is 22.0 Å². The number of hydrogen-bond acceptors (Lipinski definition) is 2. The van der Waals surface area contributed by atoms with E-state index in [9.17, 15) is 9.59 Å². The highest BCUT2D eigenvalue weighted by atomic mass is 79.9. The summed E-state index contributed by atoms with van der Waals surface area (Å²) < 4.78 is 0.929. The molecule has 2 atom stereocenters. The van der Waals surface area contributed by atoms with E-state index in [2.05, 4.69) is 15.9 Å². The second-order valence-electron chi connectivity index (χ2n) is 5.15. The van der Waals surface area contributed by atoms with Crippen molar-refractivity contribution in [3.63, 3.8) is 0 Å². The highest BCUT2D eigenvalue weighted by Crippen LogP contribution is 2.40. The van der Waals surface area contributed by atoms with Crippen LogP contribution < -0.4 is 4.90 Å². The average molecular weight is 308 g/mol. The van der Waals surface area contributed by atoms with Gasteiger partial charge in [0.05, 0.1) is 5.69 Å². The first kappa shape index (κ1) is 11.9. The van der Waals surface area contributed by atoms with Gasteiger partial charge in [0.25, 0.3) is 0 Å². The lowest BCUT2D eigenvalue weighted by molar-refractivity contribution is -0.132. The zero-order chi connectivity index (χ0) is 12.9. The maximum Gasteiger partial charge on any atom is 0.236 e. The van der Waals surface area contributed by atoms with Crippen LogP contribution in [0.5, 0.6) is 0 Å². The molecule has 4 heteroatoms. The fourth-order valence-electron chi connectivity index (χ4n) is 2.88. The Morgan fingerprint density at radius 2 is 1.78 bits per heavy atom. The zero-order valence-electron chi connectivity index (χ0n) is 10.1. The molecule has 1 saturated heterocycles. The largest absolute Gasteiger partial charge is 0.274 e. The van der Waals surface area contributed by atoms with Crippen molar-refractivity contribution in [3.05, 3.63) is 28.2 Å². The third-order valence-electron chi connectivity index (χ3n) is 3.99. The molecule has 1 aromatic carbocycles. The van der Waals surface area contributed by atoms with Crippen LogP contribution in [0.3, 0.4) is 0 Å². The minimum absolute atomic E-state index is 0.0236. The van der Waals surface area contributed by atoms with E-state index in [4.69, 9.17) is 0 Å². The number of rotatable bonds is 1. The van der Waals surface area contributed by atoms with Gasteiger partial charge in [-0.2, -0.15) is 0 Å². The Hall–Kier alpha value is -1.16. The van der Waals surface area contributed by atoms with Crippen molar-refractivity contribution in [1.82, 2.24) is 0 Å². The molecule has 0 N–H and O–H groups in total. The van der Waals surface area contributed by atoms with Crippen LogP contribution in [0.2, 0.25) is 0 Å². The first-order valence-corrected chi connectivity index (χ1v) is 7.01. The Kier molecular flexibility index (Phi) is 2.77. The molecule has 3 nitrogen and oxygen atoms in total. The van der Waals surface area contributed by atoms with Crippen molar-refractivity contribution >= 4 is 33.4 Å². The number of carbonyl (C=O) groups is 2. The summed E-state index contributed by atoms with van der Waals surface area (Å²) >= 11 is 3.45. The number of piperidine rings is 1. The van der Waals surface area contributed by atoms with Gasteiger partial charge >= 0.3 is 0 Å². The van der Waals surface area contributed by atoms with E-state index in [0.717, 1.165) is 29.3 Å². The summed E-state index contributed by atoms with van der Waals surface area (Å²) in [6, 6.07) is 5.63. The zero-order valence-corrected chi connectivity index (χ0v) is 11.7. The Morgan fingerprint density at radius 3 is 2.33 bits per heavy atom. The van der Waals surface area contributed by atoms with Crippen LogP contribution in [0.4, 0.5) is 5.69 Å². The van der Waals surface area contributed by atoms with E-state index < -0.39 is 0 Å². The normalized spacial score (nSPS) is 26.9. The fourth-order valence-corrected chi connectivity index (χ4v) is 3.25. The maximum absolute atomic E-state index is 12.3. The Bertz CT molecular complexity index is 519. The van der Waals surface area contributed by atoms with Gasteiger partial charge in [0.15, 0.2) is 0 Å². The van der Waals surface area contributed by atoms with Crippen molar-refractivity contribution in [2.24, 2.45) is 11.8 Å². The molecule has 94 valence electrons. The molecule has 1 saturated carbocycles. The van der Waals surface area contributed by atoms with Crippen LogP contribution in [-0.2, 0) is 9.59 Å². The van der Waals surface area contributed by atoms with Gasteiger partial charge in [-0.25, -0.2) is 0 Å². The molecule has 0 radical (unpaired) electrons. The Balaban J connectivity index is 2.02. The third-order valence-corrected chi connectivity index (χ3v) is 4.84. The van der Waals surface area contributed by atoms with Crippen molar-refractivity contribution in [2.45, 2.75) is 26.2 Å². The predicted octanol–water partition coefficient (Wildman–Crippen LogP) is 3.05. The number of amides is 2. The lowest BCUT2D eigenvalue weighted by Gasteiger charge is -2.29. The second-order valence-corrected chi connectivity index (χ2v) is 6.01. The third kappa shape index (κ3) is 1.70. The van der Waals surface area contributed by atoms with Gasteiger partial charge in [0.2, 0.25) is 11.8 Å². The Labute approximate surface area is 114 Å². The van der Waals surface area contributed by atoms with E-state index in [1.54, 1.807) is 0 Å². The molecule has 0 spiro atoms. The van der Waals surface area contributed by atoms with Crippen LogP contribution >= 0.6 is 15.9 Å². The van der Waals surface area contributed by atoms with Crippen molar-refractivity contribution < 1.29 is 9.59 Å². The molecule has 0 aromatic heterocycles. The van der Waals surface area contributed by atoms with Gasteiger partial charge in [0, 0.05) is 16.3 Å². The maximum atomic E-state index is 12.3. The summed E-state index contributed by atoms with van der Waals surface area (Å²) in [5, 5.41) is 0. The molecule has 18 heavy (non-hydrogen) atoms. The number of imide groups is 1. The molecule has 3 rings (SSSR count). The molecular weight excluding hydrogens is 294 g/mol. The summed E-state index contributed by atoms with van der Waals surface area (Å²) in [4.78, 5) is 25.9. The molecule has 1 aliphatic carbocycles.